The number of hydrogen-bond acceptors (Lipinski definition) is 3. The van der Waals surface area contributed by atoms with E-state index in [9.17, 15) is 0 Å². The van der Waals surface area contributed by atoms with Gasteiger partial charge in [0.1, 0.15) is 5.82 Å². The van der Waals surface area contributed by atoms with Gasteiger partial charge in [-0.25, -0.2) is 9.97 Å². The SMILES string of the molecule is CCCCc1ncc2cn(CCCCc3ccccc3)nc2n1. The number of rotatable bonds is 8. The van der Waals surface area contributed by atoms with Gasteiger partial charge in [-0.1, -0.05) is 43.7 Å². The van der Waals surface area contributed by atoms with Gasteiger partial charge in [0, 0.05) is 25.4 Å². The fraction of sp³-hybridized carbons (Fsp3) is 0.421. The van der Waals surface area contributed by atoms with Crippen molar-refractivity contribution in [1.82, 2.24) is 19.7 Å². The predicted molar refractivity (Wildman–Crippen MR) is 93.3 cm³/mol. The summed E-state index contributed by atoms with van der Waals surface area (Å²) in [6.45, 7) is 3.12. The van der Waals surface area contributed by atoms with Crippen molar-refractivity contribution in [2.45, 2.75) is 52.0 Å². The first-order valence-electron chi connectivity index (χ1n) is 8.58. The summed E-state index contributed by atoms with van der Waals surface area (Å²) in [6, 6.07) is 10.6. The van der Waals surface area contributed by atoms with Crippen LogP contribution in [0.25, 0.3) is 11.0 Å². The first-order chi connectivity index (χ1) is 11.3. The van der Waals surface area contributed by atoms with Crippen LogP contribution < -0.4 is 0 Å². The highest BCUT2D eigenvalue weighted by molar-refractivity contribution is 5.72. The Bertz CT molecular complexity index is 733. The summed E-state index contributed by atoms with van der Waals surface area (Å²) >= 11 is 0. The zero-order valence-corrected chi connectivity index (χ0v) is 13.8. The molecule has 0 aliphatic rings. The third kappa shape index (κ3) is 4.38. The highest BCUT2D eigenvalue weighted by Gasteiger charge is 2.05. The van der Waals surface area contributed by atoms with E-state index in [0.29, 0.717) is 0 Å². The van der Waals surface area contributed by atoms with E-state index >= 15 is 0 Å². The van der Waals surface area contributed by atoms with E-state index < -0.39 is 0 Å². The number of aromatic nitrogens is 4. The fourth-order valence-electron chi connectivity index (χ4n) is 2.72. The Kier molecular flexibility index (Phi) is 5.35. The lowest BCUT2D eigenvalue weighted by Crippen LogP contribution is -1.99. The third-order valence-corrected chi connectivity index (χ3v) is 4.06. The molecule has 0 aliphatic carbocycles. The standard InChI is InChI=1S/C19H24N4/c1-2-3-12-18-20-14-17-15-23(22-19(17)21-18)13-8-7-11-16-9-5-4-6-10-16/h4-6,9-10,14-15H,2-3,7-8,11-13H2,1H3. The summed E-state index contributed by atoms with van der Waals surface area (Å²) in [4.78, 5) is 9.00. The predicted octanol–water partition coefficient (Wildman–Crippen LogP) is 4.19. The molecule has 0 saturated heterocycles. The van der Waals surface area contributed by atoms with E-state index in [1.807, 2.05) is 10.9 Å². The van der Waals surface area contributed by atoms with Crippen LogP contribution in [0.2, 0.25) is 0 Å². The smallest absolute Gasteiger partial charge is 0.184 e. The molecule has 0 radical (unpaired) electrons. The Morgan fingerprint density at radius 3 is 2.70 bits per heavy atom. The van der Waals surface area contributed by atoms with Gasteiger partial charge >= 0.3 is 0 Å². The second kappa shape index (κ2) is 7.86. The second-order valence-corrected chi connectivity index (χ2v) is 6.00. The Balaban J connectivity index is 1.53. The van der Waals surface area contributed by atoms with Crippen molar-refractivity contribution >= 4 is 11.0 Å². The molecule has 2 heterocycles. The topological polar surface area (TPSA) is 43.6 Å². The van der Waals surface area contributed by atoms with Crippen LogP contribution in [0, 0.1) is 0 Å². The van der Waals surface area contributed by atoms with Crippen LogP contribution in [0.4, 0.5) is 0 Å². The van der Waals surface area contributed by atoms with Crippen molar-refractivity contribution in [2.75, 3.05) is 0 Å². The minimum absolute atomic E-state index is 0.828. The van der Waals surface area contributed by atoms with Gasteiger partial charge < -0.3 is 0 Å². The van der Waals surface area contributed by atoms with Crippen molar-refractivity contribution in [3.8, 4) is 0 Å². The van der Waals surface area contributed by atoms with Gasteiger partial charge in [-0.3, -0.25) is 4.68 Å². The maximum atomic E-state index is 4.59. The van der Waals surface area contributed by atoms with E-state index in [1.165, 1.54) is 12.0 Å². The van der Waals surface area contributed by atoms with Crippen LogP contribution in [-0.4, -0.2) is 19.7 Å². The fourth-order valence-corrected chi connectivity index (χ4v) is 2.72. The first-order valence-corrected chi connectivity index (χ1v) is 8.58. The molecule has 120 valence electrons. The molecule has 0 fully saturated rings. The minimum Gasteiger partial charge on any atom is -0.270 e. The third-order valence-electron chi connectivity index (χ3n) is 4.06. The molecule has 0 N–H and O–H groups in total. The van der Waals surface area contributed by atoms with Crippen molar-refractivity contribution < 1.29 is 0 Å². The van der Waals surface area contributed by atoms with Crippen LogP contribution in [0.3, 0.4) is 0 Å². The highest BCUT2D eigenvalue weighted by atomic mass is 15.3. The summed E-state index contributed by atoms with van der Waals surface area (Å²) in [6.07, 6.45) is 10.6. The van der Waals surface area contributed by atoms with Gasteiger partial charge in [-0.2, -0.15) is 5.10 Å². The normalized spacial score (nSPS) is 11.2. The summed E-state index contributed by atoms with van der Waals surface area (Å²) in [5, 5.41) is 5.63. The van der Waals surface area contributed by atoms with E-state index in [0.717, 1.165) is 55.5 Å². The van der Waals surface area contributed by atoms with Gasteiger partial charge in [0.25, 0.3) is 0 Å². The van der Waals surface area contributed by atoms with Crippen molar-refractivity contribution in [1.29, 1.82) is 0 Å². The lowest BCUT2D eigenvalue weighted by molar-refractivity contribution is 0.561. The Morgan fingerprint density at radius 2 is 1.87 bits per heavy atom. The quantitative estimate of drug-likeness (QED) is 0.586. The minimum atomic E-state index is 0.828. The van der Waals surface area contributed by atoms with Gasteiger partial charge in [0.2, 0.25) is 0 Å². The summed E-state index contributed by atoms with van der Waals surface area (Å²) in [5.74, 6) is 0.911. The maximum Gasteiger partial charge on any atom is 0.184 e. The zero-order chi connectivity index (χ0) is 15.9. The number of unbranched alkanes of at least 4 members (excludes halogenated alkanes) is 2. The van der Waals surface area contributed by atoms with Crippen LogP contribution in [-0.2, 0) is 19.4 Å². The molecule has 3 aromatic rings. The van der Waals surface area contributed by atoms with Gasteiger partial charge in [-0.15, -0.1) is 0 Å². The molecular formula is C19H24N4. The molecule has 0 saturated carbocycles. The number of benzene rings is 1. The molecule has 0 aliphatic heterocycles. The zero-order valence-electron chi connectivity index (χ0n) is 13.8. The lowest BCUT2D eigenvalue weighted by atomic mass is 10.1. The molecule has 4 nitrogen and oxygen atoms in total. The molecule has 0 unspecified atom stereocenters. The summed E-state index contributed by atoms with van der Waals surface area (Å²) in [5.41, 5.74) is 2.23. The average Bonchev–Trinajstić information content (AvgIpc) is 3.00. The van der Waals surface area contributed by atoms with Gasteiger partial charge in [0.15, 0.2) is 5.65 Å². The van der Waals surface area contributed by atoms with E-state index in [-0.39, 0.29) is 0 Å². The summed E-state index contributed by atoms with van der Waals surface area (Å²) in [7, 11) is 0. The number of aryl methyl sites for hydroxylation is 3. The van der Waals surface area contributed by atoms with Crippen LogP contribution in [0.15, 0.2) is 42.7 Å². The van der Waals surface area contributed by atoms with Crippen LogP contribution >= 0.6 is 0 Å². The average molecular weight is 308 g/mol. The van der Waals surface area contributed by atoms with Crippen LogP contribution in [0.5, 0.6) is 0 Å². The molecule has 0 bridgehead atoms. The van der Waals surface area contributed by atoms with E-state index in [4.69, 9.17) is 0 Å². The first kappa shape index (κ1) is 15.7. The van der Waals surface area contributed by atoms with E-state index in [1.54, 1.807) is 0 Å². The van der Waals surface area contributed by atoms with Gasteiger partial charge in [0.05, 0.1) is 5.39 Å². The van der Waals surface area contributed by atoms with Gasteiger partial charge in [-0.05, 0) is 31.2 Å². The summed E-state index contributed by atoms with van der Waals surface area (Å²) < 4.78 is 2.01. The maximum absolute atomic E-state index is 4.59. The number of hydrogen-bond donors (Lipinski definition) is 0. The molecule has 0 atom stereocenters. The Morgan fingerprint density at radius 1 is 1.00 bits per heavy atom. The molecule has 23 heavy (non-hydrogen) atoms. The van der Waals surface area contributed by atoms with Crippen LogP contribution in [0.1, 0.15) is 44.0 Å². The van der Waals surface area contributed by atoms with Crippen molar-refractivity contribution in [3.05, 3.63) is 54.1 Å². The Labute approximate surface area is 137 Å². The molecule has 4 heteroatoms. The molecular weight excluding hydrogens is 284 g/mol. The number of fused-ring (bicyclic) bond motifs is 1. The molecule has 1 aromatic carbocycles. The second-order valence-electron chi connectivity index (χ2n) is 6.00. The van der Waals surface area contributed by atoms with Crippen molar-refractivity contribution in [3.63, 3.8) is 0 Å². The monoisotopic (exact) mass is 308 g/mol. The highest BCUT2D eigenvalue weighted by Crippen LogP contribution is 2.11. The Hall–Kier alpha value is -2.23. The molecule has 0 amide bonds. The van der Waals surface area contributed by atoms with Crippen molar-refractivity contribution in [2.24, 2.45) is 0 Å². The molecule has 0 spiro atoms. The molecule has 3 rings (SSSR count). The largest absolute Gasteiger partial charge is 0.270 e. The van der Waals surface area contributed by atoms with E-state index in [2.05, 4.69) is 58.5 Å². The molecule has 2 aromatic heterocycles. The number of nitrogens with zero attached hydrogens (tertiary/aromatic N) is 4. The lowest BCUT2D eigenvalue weighted by Gasteiger charge is -2.02.